The van der Waals surface area contributed by atoms with Crippen molar-refractivity contribution in [2.24, 2.45) is 0 Å². The van der Waals surface area contributed by atoms with Crippen LogP contribution in [-0.4, -0.2) is 20.1 Å². The van der Waals surface area contributed by atoms with Gasteiger partial charge in [-0.05, 0) is 24.3 Å². The minimum atomic E-state index is -4.45. The summed E-state index contributed by atoms with van der Waals surface area (Å²) in [5, 5.41) is 17.2. The molecule has 9 heteroatoms. The number of non-ortho nitro benzene ring substituents is 1. The Hall–Kier alpha value is -3.23. The van der Waals surface area contributed by atoms with Crippen LogP contribution in [0.2, 0.25) is 0 Å². The number of nitro groups is 1. The summed E-state index contributed by atoms with van der Waals surface area (Å²) in [4.78, 5) is 14.2. The molecule has 0 atom stereocenters. The van der Waals surface area contributed by atoms with Gasteiger partial charge >= 0.3 is 6.18 Å². The molecule has 0 bridgehead atoms. The number of hydrogen-bond donors (Lipinski definition) is 1. The van der Waals surface area contributed by atoms with E-state index in [2.05, 4.69) is 15.2 Å². The molecular weight excluding hydrogens is 325 g/mol. The van der Waals surface area contributed by atoms with Crippen molar-refractivity contribution in [2.75, 3.05) is 0 Å². The number of hydrogen-bond acceptors (Lipinski definition) is 4. The van der Waals surface area contributed by atoms with Crippen molar-refractivity contribution in [3.8, 4) is 22.8 Å². The Morgan fingerprint density at radius 3 is 2.38 bits per heavy atom. The van der Waals surface area contributed by atoms with Crippen LogP contribution in [0.15, 0.2) is 48.5 Å². The van der Waals surface area contributed by atoms with Crippen molar-refractivity contribution < 1.29 is 18.1 Å². The Balaban J connectivity index is 1.92. The topological polar surface area (TPSA) is 84.7 Å². The highest BCUT2D eigenvalue weighted by Gasteiger charge is 2.30. The fraction of sp³-hybridized carbons (Fsp3) is 0.0667. The summed E-state index contributed by atoms with van der Waals surface area (Å²) in [6, 6.07) is 10.3. The normalized spacial score (nSPS) is 11.5. The van der Waals surface area contributed by atoms with Crippen LogP contribution in [0.1, 0.15) is 5.56 Å². The zero-order valence-corrected chi connectivity index (χ0v) is 11.9. The Kier molecular flexibility index (Phi) is 3.76. The predicted octanol–water partition coefficient (Wildman–Crippen LogP) is 4.07. The quantitative estimate of drug-likeness (QED) is 0.578. The predicted molar refractivity (Wildman–Crippen MR) is 78.9 cm³/mol. The number of halogens is 3. The summed E-state index contributed by atoms with van der Waals surface area (Å²) in [7, 11) is 0. The molecule has 0 unspecified atom stereocenters. The van der Waals surface area contributed by atoms with E-state index in [0.29, 0.717) is 11.4 Å². The van der Waals surface area contributed by atoms with Gasteiger partial charge in [-0.25, -0.2) is 4.98 Å². The van der Waals surface area contributed by atoms with Gasteiger partial charge in [0, 0.05) is 23.3 Å². The van der Waals surface area contributed by atoms with Crippen molar-refractivity contribution >= 4 is 5.69 Å². The molecule has 0 radical (unpaired) electrons. The molecule has 0 aliphatic heterocycles. The smallest absolute Gasteiger partial charge is 0.259 e. The number of nitrogens with zero attached hydrogens (tertiary/aromatic N) is 3. The van der Waals surface area contributed by atoms with Gasteiger partial charge in [0.1, 0.15) is 0 Å². The molecular formula is C15H9F3N4O2. The van der Waals surface area contributed by atoms with Crippen LogP contribution in [0, 0.1) is 10.1 Å². The lowest BCUT2D eigenvalue weighted by Gasteiger charge is -2.06. The van der Waals surface area contributed by atoms with Gasteiger partial charge in [-0.2, -0.15) is 18.3 Å². The van der Waals surface area contributed by atoms with Crippen molar-refractivity contribution in [1.29, 1.82) is 0 Å². The lowest BCUT2D eigenvalue weighted by Crippen LogP contribution is -2.04. The first-order chi connectivity index (χ1) is 11.3. The summed E-state index contributed by atoms with van der Waals surface area (Å²) < 4.78 is 38.3. The van der Waals surface area contributed by atoms with Crippen LogP contribution in [0.5, 0.6) is 0 Å². The van der Waals surface area contributed by atoms with E-state index in [-0.39, 0.29) is 17.1 Å². The average molecular weight is 334 g/mol. The highest BCUT2D eigenvalue weighted by atomic mass is 19.4. The van der Waals surface area contributed by atoms with E-state index < -0.39 is 16.7 Å². The number of rotatable bonds is 3. The van der Waals surface area contributed by atoms with E-state index in [4.69, 9.17) is 0 Å². The molecule has 1 aromatic heterocycles. The largest absolute Gasteiger partial charge is 0.416 e. The molecule has 0 aliphatic rings. The first-order valence-corrected chi connectivity index (χ1v) is 6.69. The maximum absolute atomic E-state index is 12.8. The molecule has 0 aliphatic carbocycles. The number of nitro benzene ring substituents is 1. The van der Waals surface area contributed by atoms with Crippen molar-refractivity contribution in [2.45, 2.75) is 6.18 Å². The Labute approximate surface area is 133 Å². The van der Waals surface area contributed by atoms with Crippen LogP contribution in [0.3, 0.4) is 0 Å². The van der Waals surface area contributed by atoms with Crippen molar-refractivity contribution in [3.63, 3.8) is 0 Å². The van der Waals surface area contributed by atoms with E-state index >= 15 is 0 Å². The molecule has 3 rings (SSSR count). The fourth-order valence-electron chi connectivity index (χ4n) is 2.10. The van der Waals surface area contributed by atoms with Gasteiger partial charge in [-0.15, -0.1) is 0 Å². The molecule has 122 valence electrons. The van der Waals surface area contributed by atoms with Crippen molar-refractivity contribution in [1.82, 2.24) is 15.2 Å². The lowest BCUT2D eigenvalue weighted by molar-refractivity contribution is -0.384. The van der Waals surface area contributed by atoms with E-state index in [0.717, 1.165) is 12.1 Å². The summed E-state index contributed by atoms with van der Waals surface area (Å²) >= 11 is 0. The fourth-order valence-corrected chi connectivity index (χ4v) is 2.10. The van der Waals surface area contributed by atoms with Crippen LogP contribution >= 0.6 is 0 Å². The highest BCUT2D eigenvalue weighted by Crippen LogP contribution is 2.31. The van der Waals surface area contributed by atoms with Crippen LogP contribution in [0.4, 0.5) is 18.9 Å². The second-order valence-corrected chi connectivity index (χ2v) is 4.89. The van der Waals surface area contributed by atoms with Crippen molar-refractivity contribution in [3.05, 3.63) is 64.2 Å². The van der Waals surface area contributed by atoms with Gasteiger partial charge < -0.3 is 0 Å². The maximum atomic E-state index is 12.8. The number of aromatic nitrogens is 3. The number of H-pyrrole nitrogens is 1. The minimum Gasteiger partial charge on any atom is -0.259 e. The second-order valence-electron chi connectivity index (χ2n) is 4.89. The third-order valence-electron chi connectivity index (χ3n) is 3.29. The average Bonchev–Trinajstić information content (AvgIpc) is 3.04. The molecule has 0 amide bonds. The molecule has 0 spiro atoms. The van der Waals surface area contributed by atoms with E-state index in [9.17, 15) is 23.3 Å². The summed E-state index contributed by atoms with van der Waals surface area (Å²) in [6.45, 7) is 0. The van der Waals surface area contributed by atoms with Crippen LogP contribution in [-0.2, 0) is 6.18 Å². The zero-order valence-electron chi connectivity index (χ0n) is 11.9. The van der Waals surface area contributed by atoms with Gasteiger partial charge in [0.2, 0.25) is 0 Å². The monoisotopic (exact) mass is 334 g/mol. The van der Waals surface area contributed by atoms with E-state index in [1.165, 1.54) is 36.4 Å². The molecule has 0 fully saturated rings. The summed E-state index contributed by atoms with van der Waals surface area (Å²) in [5.74, 6) is 0.409. The van der Waals surface area contributed by atoms with Gasteiger partial charge in [-0.3, -0.25) is 15.2 Å². The van der Waals surface area contributed by atoms with E-state index in [1.54, 1.807) is 0 Å². The molecule has 1 N–H and O–H groups in total. The summed E-state index contributed by atoms with van der Waals surface area (Å²) in [6.07, 6.45) is -4.45. The zero-order chi connectivity index (χ0) is 17.3. The third-order valence-corrected chi connectivity index (χ3v) is 3.29. The minimum absolute atomic E-state index is 0.0728. The van der Waals surface area contributed by atoms with Gasteiger partial charge in [0.05, 0.1) is 10.5 Å². The molecule has 0 saturated carbocycles. The summed E-state index contributed by atoms with van der Waals surface area (Å²) in [5.41, 5.74) is -0.112. The first kappa shape index (κ1) is 15.7. The highest BCUT2D eigenvalue weighted by molar-refractivity contribution is 5.62. The SMILES string of the molecule is O=[N+]([O-])c1ccc(-c2nc(-c3cccc(C(F)(F)F)c3)n[nH]2)cc1. The first-order valence-electron chi connectivity index (χ1n) is 6.69. The lowest BCUT2D eigenvalue weighted by atomic mass is 10.1. The number of nitrogens with one attached hydrogen (secondary N) is 1. The number of benzene rings is 2. The molecule has 2 aromatic carbocycles. The van der Waals surface area contributed by atoms with Gasteiger partial charge in [0.25, 0.3) is 5.69 Å². The Morgan fingerprint density at radius 2 is 1.75 bits per heavy atom. The molecule has 1 heterocycles. The van der Waals surface area contributed by atoms with Gasteiger partial charge in [-0.1, -0.05) is 12.1 Å². The van der Waals surface area contributed by atoms with Gasteiger partial charge in [0.15, 0.2) is 11.6 Å². The number of aromatic amines is 1. The molecule has 6 nitrogen and oxygen atoms in total. The third kappa shape index (κ3) is 3.09. The standard InChI is InChI=1S/C15H9F3N4O2/c16-15(17,18)11-3-1-2-10(8-11)14-19-13(20-21-14)9-4-6-12(7-5-9)22(23)24/h1-8H,(H,19,20,21). The maximum Gasteiger partial charge on any atom is 0.416 e. The Morgan fingerprint density at radius 1 is 1.04 bits per heavy atom. The molecule has 0 saturated heterocycles. The molecule has 24 heavy (non-hydrogen) atoms. The second kappa shape index (κ2) is 5.76. The Bertz CT molecular complexity index is 888. The number of alkyl halides is 3. The van der Waals surface area contributed by atoms with Crippen LogP contribution < -0.4 is 0 Å². The van der Waals surface area contributed by atoms with E-state index in [1.807, 2.05) is 0 Å². The van der Waals surface area contributed by atoms with Crippen LogP contribution in [0.25, 0.3) is 22.8 Å². The molecule has 3 aromatic rings.